The van der Waals surface area contributed by atoms with Gasteiger partial charge in [-0.25, -0.2) is 9.97 Å². The molecule has 5 nitrogen and oxygen atoms in total. The fraction of sp³-hybridized carbons (Fsp3) is 0.733. The molecule has 1 aromatic heterocycles. The van der Waals surface area contributed by atoms with Gasteiger partial charge in [-0.15, -0.1) is 0 Å². The number of nitrogens with one attached hydrogen (secondary N) is 1. The maximum atomic E-state index is 6.24. The first-order valence-corrected chi connectivity index (χ1v) is 7.57. The van der Waals surface area contributed by atoms with Gasteiger partial charge >= 0.3 is 0 Å². The first-order valence-electron chi connectivity index (χ1n) is 7.19. The molecule has 6 heteroatoms. The Hall–Kier alpha value is -0.910. The monoisotopic (exact) mass is 313 g/mol. The molecule has 1 unspecified atom stereocenters. The van der Waals surface area contributed by atoms with Gasteiger partial charge in [-0.05, 0) is 6.92 Å². The molecular weight excluding hydrogens is 290 g/mol. The van der Waals surface area contributed by atoms with E-state index in [1.807, 2.05) is 6.92 Å². The predicted molar refractivity (Wildman–Crippen MR) is 84.1 cm³/mol. The lowest BCUT2D eigenvalue weighted by Crippen LogP contribution is -2.40. The molecule has 1 saturated heterocycles. The Bertz CT molecular complexity index is 508. The lowest BCUT2D eigenvalue weighted by atomic mass is 9.95. The van der Waals surface area contributed by atoms with E-state index >= 15 is 0 Å². The van der Waals surface area contributed by atoms with Crippen molar-refractivity contribution in [2.75, 3.05) is 32.2 Å². The van der Waals surface area contributed by atoms with Crippen LogP contribution in [0.2, 0.25) is 5.15 Å². The number of hydrogen-bond donors (Lipinski definition) is 1. The smallest absolute Gasteiger partial charge is 0.137 e. The van der Waals surface area contributed by atoms with Crippen LogP contribution < -0.4 is 5.32 Å². The quantitative estimate of drug-likeness (QED) is 0.866. The summed E-state index contributed by atoms with van der Waals surface area (Å²) in [5.74, 6) is 1.50. The molecular formula is C15H24ClN3O2. The van der Waals surface area contributed by atoms with E-state index in [4.69, 9.17) is 21.1 Å². The van der Waals surface area contributed by atoms with Gasteiger partial charge in [-0.3, -0.25) is 0 Å². The Labute approximate surface area is 131 Å². The highest BCUT2D eigenvalue weighted by Gasteiger charge is 2.35. The molecule has 0 saturated carbocycles. The third-order valence-electron chi connectivity index (χ3n) is 3.84. The first kappa shape index (κ1) is 16.5. The minimum Gasteiger partial charge on any atom is -0.378 e. The Kier molecular flexibility index (Phi) is 4.76. The fourth-order valence-electron chi connectivity index (χ4n) is 2.20. The summed E-state index contributed by atoms with van der Waals surface area (Å²) in [6.07, 6.45) is 0.875. The van der Waals surface area contributed by atoms with Crippen molar-refractivity contribution in [3.8, 4) is 0 Å². The number of methoxy groups -OCH3 is 1. The molecule has 1 N–H and O–H groups in total. The van der Waals surface area contributed by atoms with Gasteiger partial charge in [0, 0.05) is 37.7 Å². The van der Waals surface area contributed by atoms with Gasteiger partial charge in [0.1, 0.15) is 22.4 Å². The lowest BCUT2D eigenvalue weighted by molar-refractivity contribution is -0.00626. The molecule has 1 aliphatic heterocycles. The fourth-order valence-corrected chi connectivity index (χ4v) is 2.37. The summed E-state index contributed by atoms with van der Waals surface area (Å²) in [6, 6.07) is 0. The molecule has 1 fully saturated rings. The SMILES string of the molecule is COC1(CNc2nc(C(C)(C)C)nc(Cl)c2C)CCOC1. The summed E-state index contributed by atoms with van der Waals surface area (Å²) in [7, 11) is 1.72. The van der Waals surface area contributed by atoms with Crippen LogP contribution in [0.5, 0.6) is 0 Å². The van der Waals surface area contributed by atoms with Crippen molar-refractivity contribution in [3.05, 3.63) is 16.5 Å². The van der Waals surface area contributed by atoms with Gasteiger partial charge in [-0.1, -0.05) is 32.4 Å². The minimum absolute atomic E-state index is 0.150. The van der Waals surface area contributed by atoms with E-state index in [2.05, 4.69) is 36.1 Å². The maximum Gasteiger partial charge on any atom is 0.137 e. The van der Waals surface area contributed by atoms with Crippen molar-refractivity contribution >= 4 is 17.4 Å². The molecule has 0 aromatic carbocycles. The van der Waals surface area contributed by atoms with Crippen LogP contribution in [0.1, 0.15) is 38.6 Å². The van der Waals surface area contributed by atoms with Crippen molar-refractivity contribution in [2.45, 2.75) is 45.1 Å². The first-order chi connectivity index (χ1) is 9.77. The molecule has 21 heavy (non-hydrogen) atoms. The molecule has 1 atom stereocenters. The van der Waals surface area contributed by atoms with Gasteiger partial charge in [0.05, 0.1) is 6.61 Å². The number of aromatic nitrogens is 2. The van der Waals surface area contributed by atoms with Crippen LogP contribution >= 0.6 is 11.6 Å². The summed E-state index contributed by atoms with van der Waals surface area (Å²) in [6.45, 7) is 10.1. The molecule has 118 valence electrons. The number of halogens is 1. The second kappa shape index (κ2) is 6.07. The van der Waals surface area contributed by atoms with Crippen LogP contribution in [-0.2, 0) is 14.9 Å². The molecule has 0 amide bonds. The summed E-state index contributed by atoms with van der Waals surface area (Å²) < 4.78 is 11.1. The average Bonchev–Trinajstić information content (AvgIpc) is 2.88. The van der Waals surface area contributed by atoms with Gasteiger partial charge in [-0.2, -0.15) is 0 Å². The molecule has 1 aromatic rings. The summed E-state index contributed by atoms with van der Waals surface area (Å²) in [4.78, 5) is 9.01. The Morgan fingerprint density at radius 2 is 2.10 bits per heavy atom. The molecule has 0 aliphatic carbocycles. The number of hydrogen-bond acceptors (Lipinski definition) is 5. The van der Waals surface area contributed by atoms with Crippen LogP contribution in [0.25, 0.3) is 0 Å². The predicted octanol–water partition coefficient (Wildman–Crippen LogP) is 2.95. The van der Waals surface area contributed by atoms with Gasteiger partial charge in [0.2, 0.25) is 0 Å². The van der Waals surface area contributed by atoms with Gasteiger partial charge in [0.25, 0.3) is 0 Å². The van der Waals surface area contributed by atoms with E-state index in [1.54, 1.807) is 7.11 Å². The highest BCUT2D eigenvalue weighted by molar-refractivity contribution is 6.30. The van der Waals surface area contributed by atoms with Gasteiger partial charge in [0.15, 0.2) is 0 Å². The zero-order valence-electron chi connectivity index (χ0n) is 13.4. The molecule has 0 radical (unpaired) electrons. The van der Waals surface area contributed by atoms with E-state index in [-0.39, 0.29) is 11.0 Å². The topological polar surface area (TPSA) is 56.3 Å². The van der Waals surface area contributed by atoms with Crippen molar-refractivity contribution in [1.82, 2.24) is 9.97 Å². The zero-order chi connectivity index (χ0) is 15.7. The van der Waals surface area contributed by atoms with Crippen LogP contribution in [0.15, 0.2) is 0 Å². The highest BCUT2D eigenvalue weighted by Crippen LogP contribution is 2.28. The average molecular weight is 314 g/mol. The molecule has 1 aliphatic rings. The largest absolute Gasteiger partial charge is 0.378 e. The van der Waals surface area contributed by atoms with Crippen molar-refractivity contribution < 1.29 is 9.47 Å². The number of ether oxygens (including phenoxy) is 2. The van der Waals surface area contributed by atoms with Crippen LogP contribution in [0.4, 0.5) is 5.82 Å². The van der Waals surface area contributed by atoms with E-state index in [0.29, 0.717) is 18.3 Å². The molecule has 2 heterocycles. The number of anilines is 1. The summed E-state index contributed by atoms with van der Waals surface area (Å²) >= 11 is 6.24. The number of nitrogens with zero attached hydrogens (tertiary/aromatic N) is 2. The van der Waals surface area contributed by atoms with E-state index in [0.717, 1.165) is 30.2 Å². The van der Waals surface area contributed by atoms with Crippen LogP contribution in [-0.4, -0.2) is 42.4 Å². The van der Waals surface area contributed by atoms with Crippen LogP contribution in [0, 0.1) is 6.92 Å². The normalized spacial score (nSPS) is 22.6. The van der Waals surface area contributed by atoms with Crippen molar-refractivity contribution in [3.63, 3.8) is 0 Å². The second-order valence-electron chi connectivity index (χ2n) is 6.60. The zero-order valence-corrected chi connectivity index (χ0v) is 14.2. The minimum atomic E-state index is -0.286. The van der Waals surface area contributed by atoms with Gasteiger partial charge < -0.3 is 14.8 Å². The van der Waals surface area contributed by atoms with E-state index in [1.165, 1.54) is 0 Å². The summed E-state index contributed by atoms with van der Waals surface area (Å²) in [5, 5.41) is 3.85. The third-order valence-corrected chi connectivity index (χ3v) is 4.20. The lowest BCUT2D eigenvalue weighted by Gasteiger charge is -2.27. The Morgan fingerprint density at radius 1 is 1.38 bits per heavy atom. The van der Waals surface area contributed by atoms with E-state index in [9.17, 15) is 0 Å². The second-order valence-corrected chi connectivity index (χ2v) is 6.96. The summed E-state index contributed by atoms with van der Waals surface area (Å²) in [5.41, 5.74) is 0.421. The molecule has 0 spiro atoms. The Balaban J connectivity index is 2.21. The third kappa shape index (κ3) is 3.65. The van der Waals surface area contributed by atoms with Crippen molar-refractivity contribution in [1.29, 1.82) is 0 Å². The van der Waals surface area contributed by atoms with Crippen LogP contribution in [0.3, 0.4) is 0 Å². The standard InChI is InChI=1S/C15H24ClN3O2/c1-10-11(16)18-13(14(2,3)4)19-12(10)17-8-15(20-5)6-7-21-9-15/h6-9H2,1-5H3,(H,17,18,19). The van der Waals surface area contributed by atoms with E-state index < -0.39 is 0 Å². The maximum absolute atomic E-state index is 6.24. The molecule has 2 rings (SSSR count). The highest BCUT2D eigenvalue weighted by atomic mass is 35.5. The molecule has 0 bridgehead atoms. The van der Waals surface area contributed by atoms with Crippen molar-refractivity contribution in [2.24, 2.45) is 0 Å². The number of rotatable bonds is 4. The Morgan fingerprint density at radius 3 is 2.62 bits per heavy atom.